The number of nitrogens with two attached hydrogens (primary N) is 1. The summed E-state index contributed by atoms with van der Waals surface area (Å²) in [6.07, 6.45) is 0.287. The van der Waals surface area contributed by atoms with Crippen molar-refractivity contribution in [2.24, 2.45) is 5.73 Å². The number of hydrogen-bond acceptors (Lipinski definition) is 3. The molecule has 0 aliphatic rings. The second-order valence-electron chi connectivity index (χ2n) is 5.58. The first-order chi connectivity index (χ1) is 8.91. The topological polar surface area (TPSA) is 38.5 Å². The molecule has 0 fully saturated rings. The minimum absolute atomic E-state index is 0.0321. The summed E-state index contributed by atoms with van der Waals surface area (Å²) in [5.74, 6) is 0. The van der Waals surface area contributed by atoms with Gasteiger partial charge in [0.15, 0.2) is 0 Å². The van der Waals surface area contributed by atoms with E-state index in [1.807, 2.05) is 0 Å². The molecule has 0 heterocycles. The molecular weight excluding hydrogens is 236 g/mol. The van der Waals surface area contributed by atoms with Crippen molar-refractivity contribution in [2.75, 3.05) is 20.2 Å². The number of nitrogens with zero attached hydrogens (tertiary/aromatic N) is 1. The zero-order valence-corrected chi connectivity index (χ0v) is 12.9. The third kappa shape index (κ3) is 5.31. The molecular formula is C16H28N2O. The normalized spacial score (nSPS) is 14.9. The summed E-state index contributed by atoms with van der Waals surface area (Å²) < 4.78 is 5.58. The number of benzene rings is 1. The van der Waals surface area contributed by atoms with Crippen LogP contribution in [0.5, 0.6) is 0 Å². The van der Waals surface area contributed by atoms with E-state index in [1.54, 1.807) is 0 Å². The lowest BCUT2D eigenvalue weighted by atomic mass is 9.99. The fraction of sp³-hybridized carbons (Fsp3) is 0.625. The summed E-state index contributed by atoms with van der Waals surface area (Å²) in [7, 11) is 2.10. The molecule has 0 amide bonds. The van der Waals surface area contributed by atoms with Gasteiger partial charge in [-0.15, -0.1) is 0 Å². The van der Waals surface area contributed by atoms with E-state index >= 15 is 0 Å². The smallest absolute Gasteiger partial charge is 0.0596 e. The fourth-order valence-electron chi connectivity index (χ4n) is 1.98. The maximum atomic E-state index is 6.34. The second kappa shape index (κ2) is 7.63. The highest BCUT2D eigenvalue weighted by atomic mass is 16.5. The van der Waals surface area contributed by atoms with Crippen LogP contribution in [0.15, 0.2) is 24.3 Å². The van der Waals surface area contributed by atoms with E-state index in [-0.39, 0.29) is 12.1 Å². The summed E-state index contributed by atoms with van der Waals surface area (Å²) in [6.45, 7) is 10.0. The molecule has 3 heteroatoms. The molecule has 1 rings (SSSR count). The van der Waals surface area contributed by atoms with Crippen molar-refractivity contribution in [3.05, 3.63) is 35.4 Å². The predicted octanol–water partition coefficient (Wildman–Crippen LogP) is 2.74. The molecule has 0 saturated heterocycles. The summed E-state index contributed by atoms with van der Waals surface area (Å²) >= 11 is 0. The molecule has 2 atom stereocenters. The Balaban J connectivity index is 2.51. The Morgan fingerprint density at radius 2 is 1.74 bits per heavy atom. The van der Waals surface area contributed by atoms with Crippen LogP contribution in [0.1, 0.15) is 37.9 Å². The Bertz CT molecular complexity index is 362. The molecule has 0 spiro atoms. The summed E-state index contributed by atoms with van der Waals surface area (Å²) in [6, 6.07) is 8.79. The molecule has 0 aromatic heterocycles. The molecule has 1 aromatic carbocycles. The zero-order chi connectivity index (χ0) is 14.4. The fourth-order valence-corrected chi connectivity index (χ4v) is 1.98. The van der Waals surface area contributed by atoms with Crippen molar-refractivity contribution in [3.63, 3.8) is 0 Å². The first-order valence-corrected chi connectivity index (χ1v) is 7.05. The highest BCUT2D eigenvalue weighted by Gasteiger charge is 2.18. The van der Waals surface area contributed by atoms with Crippen molar-refractivity contribution in [3.8, 4) is 0 Å². The quantitative estimate of drug-likeness (QED) is 0.823. The molecule has 0 saturated carbocycles. The van der Waals surface area contributed by atoms with Crippen LogP contribution in [0.25, 0.3) is 0 Å². The van der Waals surface area contributed by atoms with Crippen LogP contribution < -0.4 is 5.73 Å². The first kappa shape index (κ1) is 16.2. The van der Waals surface area contributed by atoms with E-state index in [0.29, 0.717) is 6.04 Å². The van der Waals surface area contributed by atoms with Crippen LogP contribution in [0.4, 0.5) is 0 Å². The number of aryl methyl sites for hydroxylation is 1. The van der Waals surface area contributed by atoms with Gasteiger partial charge in [0.25, 0.3) is 0 Å². The summed E-state index contributed by atoms with van der Waals surface area (Å²) in [5.41, 5.74) is 8.79. The lowest BCUT2D eigenvalue weighted by Crippen LogP contribution is -2.40. The Morgan fingerprint density at radius 1 is 1.16 bits per heavy atom. The van der Waals surface area contributed by atoms with Crippen LogP contribution in [0.2, 0.25) is 0 Å². The Kier molecular flexibility index (Phi) is 6.49. The van der Waals surface area contributed by atoms with Gasteiger partial charge >= 0.3 is 0 Å². The predicted molar refractivity (Wildman–Crippen MR) is 81.3 cm³/mol. The molecule has 0 bridgehead atoms. The summed E-state index contributed by atoms with van der Waals surface area (Å²) in [5, 5.41) is 0. The maximum Gasteiger partial charge on any atom is 0.0596 e. The van der Waals surface area contributed by atoms with Crippen LogP contribution in [0, 0.1) is 6.92 Å². The lowest BCUT2D eigenvalue weighted by molar-refractivity contribution is 0.0549. The van der Waals surface area contributed by atoms with E-state index in [1.165, 1.54) is 11.1 Å². The molecule has 1 aromatic rings. The van der Waals surface area contributed by atoms with Crippen LogP contribution in [-0.4, -0.2) is 37.2 Å². The van der Waals surface area contributed by atoms with Gasteiger partial charge in [0.1, 0.15) is 0 Å². The Hall–Kier alpha value is -0.900. The van der Waals surface area contributed by atoms with Crippen molar-refractivity contribution in [1.29, 1.82) is 0 Å². The molecule has 0 aliphatic carbocycles. The summed E-state index contributed by atoms with van der Waals surface area (Å²) in [4.78, 5) is 2.26. The van der Waals surface area contributed by atoms with E-state index in [0.717, 1.165) is 13.2 Å². The molecule has 2 N–H and O–H groups in total. The highest BCUT2D eigenvalue weighted by molar-refractivity contribution is 5.24. The van der Waals surface area contributed by atoms with E-state index in [4.69, 9.17) is 10.5 Å². The van der Waals surface area contributed by atoms with E-state index in [9.17, 15) is 0 Å². The Morgan fingerprint density at radius 3 is 2.26 bits per heavy atom. The molecule has 108 valence electrons. The van der Waals surface area contributed by atoms with Crippen molar-refractivity contribution < 1.29 is 4.74 Å². The maximum absolute atomic E-state index is 6.34. The lowest BCUT2D eigenvalue weighted by Gasteiger charge is -2.30. The monoisotopic (exact) mass is 264 g/mol. The average Bonchev–Trinajstić information content (AvgIpc) is 2.37. The number of ether oxygens (including phenoxy) is 1. The third-order valence-corrected chi connectivity index (χ3v) is 3.57. The van der Waals surface area contributed by atoms with Crippen LogP contribution in [0.3, 0.4) is 0 Å². The molecule has 0 radical (unpaired) electrons. The van der Waals surface area contributed by atoms with Crippen molar-refractivity contribution >= 4 is 0 Å². The van der Waals surface area contributed by atoms with Gasteiger partial charge in [0.2, 0.25) is 0 Å². The third-order valence-electron chi connectivity index (χ3n) is 3.57. The number of rotatable bonds is 7. The van der Waals surface area contributed by atoms with Gasteiger partial charge in [-0.25, -0.2) is 0 Å². The number of hydrogen-bond donors (Lipinski definition) is 1. The van der Waals surface area contributed by atoms with Gasteiger partial charge in [-0.2, -0.15) is 0 Å². The van der Waals surface area contributed by atoms with Gasteiger partial charge in [0, 0.05) is 18.6 Å². The van der Waals surface area contributed by atoms with Gasteiger partial charge < -0.3 is 10.5 Å². The van der Waals surface area contributed by atoms with Gasteiger partial charge in [0.05, 0.1) is 12.7 Å². The number of likely N-dealkylation sites (N-methyl/N-ethyl adjacent to an activating group) is 1. The standard InChI is InChI=1S/C16H28N2O/c1-12(2)19-11-10-18(5)14(4)16(17)15-8-6-13(3)7-9-15/h6-9,12,14,16H,10-11,17H2,1-5H3. The van der Waals surface area contributed by atoms with E-state index < -0.39 is 0 Å². The van der Waals surface area contributed by atoms with Crippen LogP contribution in [-0.2, 0) is 4.74 Å². The second-order valence-corrected chi connectivity index (χ2v) is 5.58. The first-order valence-electron chi connectivity index (χ1n) is 7.05. The van der Waals surface area contributed by atoms with Gasteiger partial charge in [-0.05, 0) is 40.3 Å². The molecule has 0 aliphatic heterocycles. The molecule has 19 heavy (non-hydrogen) atoms. The van der Waals surface area contributed by atoms with E-state index in [2.05, 4.69) is 63.9 Å². The SMILES string of the molecule is Cc1ccc(C(N)C(C)N(C)CCOC(C)C)cc1. The zero-order valence-electron chi connectivity index (χ0n) is 12.9. The van der Waals surface area contributed by atoms with Gasteiger partial charge in [-0.1, -0.05) is 29.8 Å². The minimum atomic E-state index is 0.0321. The Labute approximate surface area is 117 Å². The average molecular weight is 264 g/mol. The highest BCUT2D eigenvalue weighted by Crippen LogP contribution is 2.18. The molecule has 2 unspecified atom stereocenters. The van der Waals surface area contributed by atoms with Crippen molar-refractivity contribution in [2.45, 2.75) is 45.9 Å². The van der Waals surface area contributed by atoms with Gasteiger partial charge in [-0.3, -0.25) is 4.90 Å². The van der Waals surface area contributed by atoms with Crippen LogP contribution >= 0.6 is 0 Å². The molecule has 3 nitrogen and oxygen atoms in total. The van der Waals surface area contributed by atoms with Crippen molar-refractivity contribution in [1.82, 2.24) is 4.90 Å². The largest absolute Gasteiger partial charge is 0.377 e. The minimum Gasteiger partial charge on any atom is -0.377 e.